The van der Waals surface area contributed by atoms with Crippen LogP contribution in [0.4, 0.5) is 14.5 Å². The van der Waals surface area contributed by atoms with Crippen LogP contribution in [0.25, 0.3) is 0 Å². The number of halogens is 4. The van der Waals surface area contributed by atoms with Gasteiger partial charge in [0.1, 0.15) is 11.6 Å². The van der Waals surface area contributed by atoms with Crippen molar-refractivity contribution in [1.29, 1.82) is 0 Å². The van der Waals surface area contributed by atoms with Crippen molar-refractivity contribution in [2.24, 2.45) is 0 Å². The fourth-order valence-electron chi connectivity index (χ4n) is 1.67. The average Bonchev–Trinajstić information content (AvgIpc) is 2.32. The van der Waals surface area contributed by atoms with Crippen LogP contribution in [-0.4, -0.2) is 5.91 Å². The van der Waals surface area contributed by atoms with Crippen molar-refractivity contribution in [1.82, 2.24) is 0 Å². The third-order valence-electron chi connectivity index (χ3n) is 2.50. The van der Waals surface area contributed by atoms with E-state index >= 15 is 0 Å². The van der Waals surface area contributed by atoms with E-state index in [1.54, 1.807) is 18.2 Å². The molecule has 20 heavy (non-hydrogen) atoms. The van der Waals surface area contributed by atoms with Gasteiger partial charge in [0.05, 0.1) is 16.5 Å². The van der Waals surface area contributed by atoms with Gasteiger partial charge in [-0.05, 0) is 29.8 Å². The number of nitrogens with one attached hydrogen (secondary N) is 1. The summed E-state index contributed by atoms with van der Waals surface area (Å²) in [4.78, 5) is 11.8. The lowest BCUT2D eigenvalue weighted by Gasteiger charge is -2.06. The predicted octanol–water partition coefficient (Wildman–Crippen LogP) is 4.45. The van der Waals surface area contributed by atoms with Gasteiger partial charge in [0.15, 0.2) is 0 Å². The predicted molar refractivity (Wildman–Crippen MR) is 75.2 cm³/mol. The Morgan fingerprint density at radius 3 is 2.25 bits per heavy atom. The quantitative estimate of drug-likeness (QED) is 0.890. The maximum atomic E-state index is 13.0. The molecule has 0 spiro atoms. The average molecular weight is 316 g/mol. The van der Waals surface area contributed by atoms with E-state index in [0.29, 0.717) is 15.6 Å². The number of benzene rings is 2. The first-order chi connectivity index (χ1) is 9.44. The molecule has 2 rings (SSSR count). The minimum absolute atomic E-state index is 0.0228. The van der Waals surface area contributed by atoms with Crippen LogP contribution in [0.1, 0.15) is 5.56 Å². The highest BCUT2D eigenvalue weighted by Crippen LogP contribution is 2.23. The highest BCUT2D eigenvalue weighted by molar-refractivity contribution is 6.42. The number of hydrogen-bond acceptors (Lipinski definition) is 1. The highest BCUT2D eigenvalue weighted by atomic mass is 35.5. The molecule has 0 radical (unpaired) electrons. The molecule has 0 atom stereocenters. The van der Waals surface area contributed by atoms with Gasteiger partial charge in [-0.25, -0.2) is 8.78 Å². The molecule has 0 unspecified atom stereocenters. The van der Waals surface area contributed by atoms with E-state index in [-0.39, 0.29) is 12.1 Å². The molecule has 2 aromatic carbocycles. The summed E-state index contributed by atoms with van der Waals surface area (Å²) < 4.78 is 26.0. The van der Waals surface area contributed by atoms with Gasteiger partial charge >= 0.3 is 0 Å². The summed E-state index contributed by atoms with van der Waals surface area (Å²) in [7, 11) is 0. The summed E-state index contributed by atoms with van der Waals surface area (Å²) >= 11 is 11.6. The molecule has 0 saturated heterocycles. The first kappa shape index (κ1) is 14.8. The Bertz CT molecular complexity index is 641. The van der Waals surface area contributed by atoms with Crippen LogP contribution in [0.15, 0.2) is 36.4 Å². The maximum absolute atomic E-state index is 13.0. The fourth-order valence-corrected chi connectivity index (χ4v) is 1.99. The van der Waals surface area contributed by atoms with Crippen molar-refractivity contribution in [2.75, 3.05) is 5.32 Å². The third kappa shape index (κ3) is 3.92. The second-order valence-corrected chi connectivity index (χ2v) is 4.95. The summed E-state index contributed by atoms with van der Waals surface area (Å²) in [6.45, 7) is 0. The summed E-state index contributed by atoms with van der Waals surface area (Å²) in [5.74, 6) is -1.92. The largest absolute Gasteiger partial charge is 0.326 e. The van der Waals surface area contributed by atoms with Crippen molar-refractivity contribution in [3.05, 3.63) is 63.6 Å². The Morgan fingerprint density at radius 2 is 1.65 bits per heavy atom. The van der Waals surface area contributed by atoms with Gasteiger partial charge < -0.3 is 5.32 Å². The summed E-state index contributed by atoms with van der Waals surface area (Å²) in [5, 5.41) is 3.14. The van der Waals surface area contributed by atoms with E-state index in [9.17, 15) is 13.6 Å². The molecule has 2 aromatic rings. The first-order valence-corrected chi connectivity index (χ1v) is 6.39. The molecule has 0 aliphatic heterocycles. The van der Waals surface area contributed by atoms with Crippen LogP contribution in [0, 0.1) is 11.6 Å². The molecule has 6 heteroatoms. The van der Waals surface area contributed by atoms with Crippen molar-refractivity contribution in [3.63, 3.8) is 0 Å². The number of amides is 1. The Balaban J connectivity index is 2.06. The normalized spacial score (nSPS) is 10.4. The Morgan fingerprint density at radius 1 is 1.00 bits per heavy atom. The molecule has 0 bridgehead atoms. The van der Waals surface area contributed by atoms with Gasteiger partial charge in [0.25, 0.3) is 0 Å². The SMILES string of the molecule is O=C(Cc1ccc(Cl)c(Cl)c1)Nc1cc(F)cc(F)c1. The second-order valence-electron chi connectivity index (χ2n) is 4.13. The van der Waals surface area contributed by atoms with E-state index in [0.717, 1.165) is 18.2 Å². The van der Waals surface area contributed by atoms with E-state index in [4.69, 9.17) is 23.2 Å². The zero-order chi connectivity index (χ0) is 14.7. The monoisotopic (exact) mass is 315 g/mol. The zero-order valence-electron chi connectivity index (χ0n) is 10.1. The van der Waals surface area contributed by atoms with E-state index < -0.39 is 17.5 Å². The lowest BCUT2D eigenvalue weighted by molar-refractivity contribution is -0.115. The molecule has 0 fully saturated rings. The molecular formula is C14H9Cl2F2NO. The van der Waals surface area contributed by atoms with Crippen LogP contribution in [0.3, 0.4) is 0 Å². The highest BCUT2D eigenvalue weighted by Gasteiger charge is 2.08. The number of anilines is 1. The van der Waals surface area contributed by atoms with Crippen molar-refractivity contribution in [2.45, 2.75) is 6.42 Å². The van der Waals surface area contributed by atoms with E-state index in [2.05, 4.69) is 5.32 Å². The van der Waals surface area contributed by atoms with Gasteiger partial charge in [-0.1, -0.05) is 29.3 Å². The maximum Gasteiger partial charge on any atom is 0.228 e. The number of rotatable bonds is 3. The minimum atomic E-state index is -0.755. The van der Waals surface area contributed by atoms with Crippen LogP contribution in [0.2, 0.25) is 10.0 Å². The lowest BCUT2D eigenvalue weighted by Crippen LogP contribution is -2.14. The molecule has 0 heterocycles. The molecule has 0 aliphatic carbocycles. The van der Waals surface area contributed by atoms with Gasteiger partial charge in [0, 0.05) is 11.8 Å². The van der Waals surface area contributed by atoms with E-state index in [1.165, 1.54) is 0 Å². The zero-order valence-corrected chi connectivity index (χ0v) is 11.6. The van der Waals surface area contributed by atoms with Crippen LogP contribution >= 0.6 is 23.2 Å². The fraction of sp³-hybridized carbons (Fsp3) is 0.0714. The number of hydrogen-bond donors (Lipinski definition) is 1. The minimum Gasteiger partial charge on any atom is -0.326 e. The van der Waals surface area contributed by atoms with Gasteiger partial charge in [-0.2, -0.15) is 0 Å². The van der Waals surface area contributed by atoms with E-state index in [1.807, 2.05) is 0 Å². The van der Waals surface area contributed by atoms with Crippen LogP contribution in [-0.2, 0) is 11.2 Å². The van der Waals surface area contributed by atoms with Crippen molar-refractivity contribution in [3.8, 4) is 0 Å². The molecular weight excluding hydrogens is 307 g/mol. The number of carbonyl (C=O) groups excluding carboxylic acids is 1. The second kappa shape index (κ2) is 6.20. The molecule has 104 valence electrons. The third-order valence-corrected chi connectivity index (χ3v) is 3.23. The molecule has 2 nitrogen and oxygen atoms in total. The smallest absolute Gasteiger partial charge is 0.228 e. The lowest BCUT2D eigenvalue weighted by atomic mass is 10.1. The van der Waals surface area contributed by atoms with Gasteiger partial charge in [0.2, 0.25) is 5.91 Å². The van der Waals surface area contributed by atoms with Crippen LogP contribution < -0.4 is 5.32 Å². The molecule has 1 amide bonds. The van der Waals surface area contributed by atoms with Gasteiger partial charge in [-0.3, -0.25) is 4.79 Å². The van der Waals surface area contributed by atoms with Crippen molar-refractivity contribution < 1.29 is 13.6 Å². The molecule has 0 aromatic heterocycles. The Kier molecular flexibility index (Phi) is 4.57. The summed E-state index contributed by atoms with van der Waals surface area (Å²) in [5.41, 5.74) is 0.710. The first-order valence-electron chi connectivity index (χ1n) is 5.64. The molecule has 1 N–H and O–H groups in total. The van der Waals surface area contributed by atoms with Crippen molar-refractivity contribution >= 4 is 34.8 Å². The standard InChI is InChI=1S/C14H9Cl2F2NO/c15-12-2-1-8(3-13(12)16)4-14(20)19-11-6-9(17)5-10(18)7-11/h1-3,5-7H,4H2,(H,19,20). The van der Waals surface area contributed by atoms with Gasteiger partial charge in [-0.15, -0.1) is 0 Å². The Hall–Kier alpha value is -1.65. The topological polar surface area (TPSA) is 29.1 Å². The number of carbonyl (C=O) groups is 1. The summed E-state index contributed by atoms with van der Waals surface area (Å²) in [6.07, 6.45) is 0.0228. The Labute approximate surface area is 124 Å². The molecule has 0 saturated carbocycles. The molecule has 0 aliphatic rings. The van der Waals surface area contributed by atoms with Crippen LogP contribution in [0.5, 0.6) is 0 Å². The summed E-state index contributed by atoms with van der Waals surface area (Å²) in [6, 6.07) is 7.60.